The van der Waals surface area contributed by atoms with Gasteiger partial charge in [-0.3, -0.25) is 4.79 Å². The Bertz CT molecular complexity index is 490. The van der Waals surface area contributed by atoms with E-state index in [1.807, 2.05) is 18.2 Å². The fourth-order valence-corrected chi connectivity index (χ4v) is 3.49. The first-order valence-corrected chi connectivity index (χ1v) is 8.21. The summed E-state index contributed by atoms with van der Waals surface area (Å²) in [5, 5.41) is 0. The quantitative estimate of drug-likeness (QED) is 0.781. The summed E-state index contributed by atoms with van der Waals surface area (Å²) < 4.78 is 5.91. The Morgan fingerprint density at radius 1 is 1.24 bits per heavy atom. The predicted molar refractivity (Wildman–Crippen MR) is 86.8 cm³/mol. The van der Waals surface area contributed by atoms with Crippen molar-refractivity contribution in [1.29, 1.82) is 0 Å². The van der Waals surface area contributed by atoms with E-state index in [-0.39, 0.29) is 11.3 Å². The van der Waals surface area contributed by atoms with Crippen LogP contribution in [0.1, 0.15) is 58.9 Å². The predicted octanol–water partition coefficient (Wildman–Crippen LogP) is 4.76. The fourth-order valence-electron chi connectivity index (χ4n) is 3.49. The lowest BCUT2D eigenvalue weighted by molar-refractivity contribution is -0.128. The molecule has 1 aliphatic rings. The van der Waals surface area contributed by atoms with Gasteiger partial charge in [-0.25, -0.2) is 0 Å². The van der Waals surface area contributed by atoms with Crippen LogP contribution in [0.25, 0.3) is 0 Å². The molecule has 2 nitrogen and oxygen atoms in total. The van der Waals surface area contributed by atoms with Gasteiger partial charge in [0.25, 0.3) is 0 Å². The second-order valence-corrected chi connectivity index (χ2v) is 6.97. The topological polar surface area (TPSA) is 26.3 Å². The highest BCUT2D eigenvalue weighted by Crippen LogP contribution is 2.43. The summed E-state index contributed by atoms with van der Waals surface area (Å²) in [6, 6.07) is 8.21. The number of hydrogen-bond donors (Lipinski definition) is 0. The van der Waals surface area contributed by atoms with E-state index in [1.165, 1.54) is 5.56 Å². The lowest BCUT2D eigenvalue weighted by Crippen LogP contribution is -2.38. The number of ether oxygens (including phenoxy) is 1. The molecule has 2 atom stereocenters. The first-order valence-electron chi connectivity index (χ1n) is 8.21. The Kier molecular flexibility index (Phi) is 5.08. The Morgan fingerprint density at radius 2 is 1.95 bits per heavy atom. The average molecular weight is 288 g/mol. The van der Waals surface area contributed by atoms with Crippen LogP contribution in [0.2, 0.25) is 0 Å². The molecule has 0 amide bonds. The van der Waals surface area contributed by atoms with Gasteiger partial charge in [-0.1, -0.05) is 45.9 Å². The van der Waals surface area contributed by atoms with Crippen molar-refractivity contribution in [1.82, 2.24) is 0 Å². The molecule has 1 saturated carbocycles. The highest BCUT2D eigenvalue weighted by molar-refractivity contribution is 5.83. The second-order valence-electron chi connectivity index (χ2n) is 6.97. The molecule has 0 heterocycles. The number of ketones is 1. The Balaban J connectivity index is 2.28. The van der Waals surface area contributed by atoms with E-state index in [9.17, 15) is 4.79 Å². The van der Waals surface area contributed by atoms with Crippen LogP contribution >= 0.6 is 0 Å². The van der Waals surface area contributed by atoms with Gasteiger partial charge < -0.3 is 4.74 Å². The number of benzene rings is 1. The molecule has 0 radical (unpaired) electrons. The summed E-state index contributed by atoms with van der Waals surface area (Å²) in [5.74, 6) is 2.01. The molecular weight excluding hydrogens is 260 g/mol. The Hall–Kier alpha value is -1.31. The molecule has 0 aromatic heterocycles. The van der Waals surface area contributed by atoms with E-state index in [1.54, 1.807) is 0 Å². The SMILES string of the molecule is CCCOc1ccccc1C(C)(C)C1CCC(C)CC1=O. The monoisotopic (exact) mass is 288 g/mol. The van der Waals surface area contributed by atoms with E-state index in [0.29, 0.717) is 11.7 Å². The van der Waals surface area contributed by atoms with E-state index in [0.717, 1.165) is 38.0 Å². The zero-order valence-electron chi connectivity index (χ0n) is 13.8. The summed E-state index contributed by atoms with van der Waals surface area (Å²) in [6.45, 7) is 9.40. The minimum absolute atomic E-state index is 0.111. The van der Waals surface area contributed by atoms with E-state index >= 15 is 0 Å². The van der Waals surface area contributed by atoms with Crippen molar-refractivity contribution in [2.75, 3.05) is 6.61 Å². The minimum Gasteiger partial charge on any atom is -0.493 e. The first kappa shape index (κ1) is 16.1. The number of hydrogen-bond acceptors (Lipinski definition) is 2. The van der Waals surface area contributed by atoms with Gasteiger partial charge in [0, 0.05) is 23.3 Å². The molecule has 2 heteroatoms. The van der Waals surface area contributed by atoms with Crippen LogP contribution in [0.15, 0.2) is 24.3 Å². The highest BCUT2D eigenvalue weighted by atomic mass is 16.5. The maximum absolute atomic E-state index is 12.5. The Labute approximate surface area is 128 Å². The second kappa shape index (κ2) is 6.64. The van der Waals surface area contributed by atoms with Crippen LogP contribution in [0, 0.1) is 11.8 Å². The lowest BCUT2D eigenvalue weighted by atomic mass is 9.65. The van der Waals surface area contributed by atoms with Crippen LogP contribution in [-0.4, -0.2) is 12.4 Å². The molecule has 0 spiro atoms. The van der Waals surface area contributed by atoms with Gasteiger partial charge in [0.1, 0.15) is 11.5 Å². The van der Waals surface area contributed by atoms with Crippen molar-refractivity contribution in [3.63, 3.8) is 0 Å². The van der Waals surface area contributed by atoms with Gasteiger partial charge in [0.2, 0.25) is 0 Å². The number of Topliss-reactive ketones (excluding diaryl/α,β-unsaturated/α-hetero) is 1. The molecule has 0 N–H and O–H groups in total. The van der Waals surface area contributed by atoms with Crippen molar-refractivity contribution in [3.05, 3.63) is 29.8 Å². The highest BCUT2D eigenvalue weighted by Gasteiger charge is 2.40. The molecule has 21 heavy (non-hydrogen) atoms. The van der Waals surface area contributed by atoms with Crippen LogP contribution in [0.4, 0.5) is 0 Å². The summed E-state index contributed by atoms with van der Waals surface area (Å²) in [6.07, 6.45) is 3.87. The van der Waals surface area contributed by atoms with Crippen LogP contribution in [0.5, 0.6) is 5.75 Å². The zero-order valence-corrected chi connectivity index (χ0v) is 13.8. The molecule has 0 bridgehead atoms. The van der Waals surface area contributed by atoms with Crippen molar-refractivity contribution in [3.8, 4) is 5.75 Å². The largest absolute Gasteiger partial charge is 0.493 e. The van der Waals surface area contributed by atoms with Gasteiger partial charge in [-0.15, -0.1) is 0 Å². The van der Waals surface area contributed by atoms with Crippen molar-refractivity contribution >= 4 is 5.78 Å². The van der Waals surface area contributed by atoms with Gasteiger partial charge in [0.05, 0.1) is 6.61 Å². The van der Waals surface area contributed by atoms with E-state index in [4.69, 9.17) is 4.74 Å². The molecule has 1 aromatic carbocycles. The third kappa shape index (κ3) is 3.48. The zero-order chi connectivity index (χ0) is 15.5. The average Bonchev–Trinajstić information content (AvgIpc) is 2.45. The van der Waals surface area contributed by atoms with Crippen molar-refractivity contribution < 1.29 is 9.53 Å². The molecule has 2 rings (SSSR count). The first-order chi connectivity index (χ1) is 9.96. The third-order valence-electron chi connectivity index (χ3n) is 4.80. The number of carbonyl (C=O) groups is 1. The van der Waals surface area contributed by atoms with E-state index in [2.05, 4.69) is 33.8 Å². The van der Waals surface area contributed by atoms with Crippen LogP contribution in [-0.2, 0) is 10.2 Å². The minimum atomic E-state index is -0.165. The molecular formula is C19H28O2. The summed E-state index contributed by atoms with van der Waals surface area (Å²) >= 11 is 0. The van der Waals surface area contributed by atoms with Crippen molar-refractivity contribution in [2.45, 2.75) is 58.8 Å². The summed E-state index contributed by atoms with van der Waals surface area (Å²) in [7, 11) is 0. The normalized spacial score (nSPS) is 23.1. The van der Waals surface area contributed by atoms with Gasteiger partial charge in [0.15, 0.2) is 0 Å². The van der Waals surface area contributed by atoms with E-state index < -0.39 is 0 Å². The molecule has 1 aromatic rings. The number of carbonyl (C=O) groups excluding carboxylic acids is 1. The summed E-state index contributed by atoms with van der Waals surface area (Å²) in [5.41, 5.74) is 1.01. The Morgan fingerprint density at radius 3 is 2.62 bits per heavy atom. The van der Waals surface area contributed by atoms with Gasteiger partial charge >= 0.3 is 0 Å². The van der Waals surface area contributed by atoms with Crippen LogP contribution in [0.3, 0.4) is 0 Å². The fraction of sp³-hybridized carbons (Fsp3) is 0.632. The maximum atomic E-state index is 12.5. The maximum Gasteiger partial charge on any atom is 0.137 e. The molecule has 116 valence electrons. The van der Waals surface area contributed by atoms with Crippen molar-refractivity contribution in [2.24, 2.45) is 11.8 Å². The molecule has 0 saturated heterocycles. The molecule has 0 aliphatic heterocycles. The third-order valence-corrected chi connectivity index (χ3v) is 4.80. The molecule has 2 unspecified atom stereocenters. The summed E-state index contributed by atoms with van der Waals surface area (Å²) in [4.78, 5) is 12.5. The lowest BCUT2D eigenvalue weighted by Gasteiger charge is -2.38. The van der Waals surface area contributed by atoms with Gasteiger partial charge in [-0.05, 0) is 31.2 Å². The molecule has 1 fully saturated rings. The van der Waals surface area contributed by atoms with Crippen LogP contribution < -0.4 is 4.74 Å². The van der Waals surface area contributed by atoms with Gasteiger partial charge in [-0.2, -0.15) is 0 Å². The standard InChI is InChI=1S/C19H28O2/c1-5-12-21-18-9-7-6-8-16(18)19(3,4)15-11-10-14(2)13-17(15)20/h6-9,14-15H,5,10-13H2,1-4H3. The smallest absolute Gasteiger partial charge is 0.137 e. The molecule has 1 aliphatic carbocycles. The number of para-hydroxylation sites is 1. The number of rotatable bonds is 5.